The van der Waals surface area contributed by atoms with E-state index in [9.17, 15) is 18.0 Å². The zero-order valence-electron chi connectivity index (χ0n) is 14.3. The summed E-state index contributed by atoms with van der Waals surface area (Å²) in [7, 11) is -3.91. The largest absolute Gasteiger partial charge is 0.478 e. The first kappa shape index (κ1) is 19.1. The minimum atomic E-state index is -3.91. The van der Waals surface area contributed by atoms with Gasteiger partial charge in [-0.1, -0.05) is 12.1 Å². The van der Waals surface area contributed by atoms with E-state index in [1.165, 1.54) is 48.8 Å². The molecular weight excluding hydrogens is 384 g/mol. The van der Waals surface area contributed by atoms with Crippen LogP contribution >= 0.6 is 0 Å². The van der Waals surface area contributed by atoms with Crippen LogP contribution in [0.1, 0.15) is 11.1 Å². The minimum Gasteiger partial charge on any atom is -0.478 e. The van der Waals surface area contributed by atoms with Crippen molar-refractivity contribution in [2.75, 3.05) is 0 Å². The van der Waals surface area contributed by atoms with Gasteiger partial charge in [-0.25, -0.2) is 27.0 Å². The van der Waals surface area contributed by atoms with Crippen LogP contribution in [-0.4, -0.2) is 39.5 Å². The van der Waals surface area contributed by atoms with Gasteiger partial charge in [0.05, 0.1) is 4.90 Å². The monoisotopic (exact) mass is 398 g/mol. The SMILES string of the molecule is O=C(O)C=Cc1ccc(S(=O)(=O)n2ccc3cc(C=CC(=O)O)cnc32)cc1. The number of nitrogens with zero attached hydrogens (tertiary/aromatic N) is 2. The fraction of sp³-hybridized carbons (Fsp3) is 0. The number of carbonyl (C=O) groups is 2. The summed E-state index contributed by atoms with van der Waals surface area (Å²) in [4.78, 5) is 25.3. The van der Waals surface area contributed by atoms with Crippen molar-refractivity contribution in [1.82, 2.24) is 8.96 Å². The van der Waals surface area contributed by atoms with Crippen LogP contribution in [0, 0.1) is 0 Å². The average molecular weight is 398 g/mol. The predicted octanol–water partition coefficient (Wildman–Crippen LogP) is 2.47. The second-order valence-electron chi connectivity index (χ2n) is 5.71. The van der Waals surface area contributed by atoms with Gasteiger partial charge in [-0.2, -0.15) is 0 Å². The third-order valence-corrected chi connectivity index (χ3v) is 5.47. The highest BCUT2D eigenvalue weighted by molar-refractivity contribution is 7.90. The number of carboxylic acid groups (broad SMARTS) is 2. The Balaban J connectivity index is 1.96. The molecule has 3 aromatic rings. The Hall–Kier alpha value is -3.72. The van der Waals surface area contributed by atoms with E-state index in [0.29, 0.717) is 16.5 Å². The molecule has 0 spiro atoms. The molecule has 9 heteroatoms. The molecule has 0 fully saturated rings. The molecule has 2 N–H and O–H groups in total. The fourth-order valence-electron chi connectivity index (χ4n) is 2.50. The molecular formula is C19H14N2O6S. The number of benzene rings is 1. The first-order valence-electron chi connectivity index (χ1n) is 7.92. The highest BCUT2D eigenvalue weighted by Crippen LogP contribution is 2.22. The molecule has 0 unspecified atom stereocenters. The summed E-state index contributed by atoms with van der Waals surface area (Å²) in [6, 6.07) is 8.97. The number of aromatic nitrogens is 2. The van der Waals surface area contributed by atoms with Crippen LogP contribution < -0.4 is 0 Å². The Morgan fingerprint density at radius 1 is 0.929 bits per heavy atom. The second kappa shape index (κ2) is 7.49. The molecule has 0 aliphatic carbocycles. The Morgan fingerprint density at radius 3 is 2.14 bits per heavy atom. The summed E-state index contributed by atoms with van der Waals surface area (Å²) in [6.45, 7) is 0. The molecule has 8 nitrogen and oxygen atoms in total. The van der Waals surface area contributed by atoms with E-state index in [1.807, 2.05) is 0 Å². The van der Waals surface area contributed by atoms with Gasteiger partial charge < -0.3 is 10.2 Å². The molecule has 142 valence electrons. The van der Waals surface area contributed by atoms with Gasteiger partial charge in [0, 0.05) is 29.9 Å². The van der Waals surface area contributed by atoms with Crippen LogP contribution in [0.4, 0.5) is 0 Å². The van der Waals surface area contributed by atoms with Gasteiger partial charge in [0.15, 0.2) is 5.65 Å². The van der Waals surface area contributed by atoms with E-state index in [4.69, 9.17) is 10.2 Å². The second-order valence-corrected chi connectivity index (χ2v) is 7.53. The van der Waals surface area contributed by atoms with Gasteiger partial charge >= 0.3 is 11.9 Å². The smallest absolute Gasteiger partial charge is 0.328 e. The summed E-state index contributed by atoms with van der Waals surface area (Å²) in [5, 5.41) is 17.9. The van der Waals surface area contributed by atoms with E-state index < -0.39 is 22.0 Å². The molecule has 0 radical (unpaired) electrons. The highest BCUT2D eigenvalue weighted by atomic mass is 32.2. The molecule has 0 amide bonds. The summed E-state index contributed by atoms with van der Waals surface area (Å²) < 4.78 is 26.8. The summed E-state index contributed by atoms with van der Waals surface area (Å²) >= 11 is 0. The number of pyridine rings is 1. The number of aliphatic carboxylic acids is 2. The highest BCUT2D eigenvalue weighted by Gasteiger charge is 2.19. The van der Waals surface area contributed by atoms with Crippen molar-refractivity contribution in [3.8, 4) is 0 Å². The van der Waals surface area contributed by atoms with Gasteiger partial charge in [-0.3, -0.25) is 0 Å². The van der Waals surface area contributed by atoms with E-state index in [0.717, 1.165) is 16.1 Å². The first-order valence-corrected chi connectivity index (χ1v) is 9.36. The number of rotatable bonds is 6. The maximum Gasteiger partial charge on any atom is 0.328 e. The molecule has 0 saturated carbocycles. The molecule has 0 aliphatic rings. The minimum absolute atomic E-state index is 0.0223. The summed E-state index contributed by atoms with van der Waals surface area (Å²) in [5.41, 5.74) is 1.29. The van der Waals surface area contributed by atoms with E-state index in [2.05, 4.69) is 4.98 Å². The van der Waals surface area contributed by atoms with Crippen molar-refractivity contribution >= 4 is 45.1 Å². The molecule has 0 atom stereocenters. The van der Waals surface area contributed by atoms with Crippen molar-refractivity contribution < 1.29 is 28.2 Å². The third kappa shape index (κ3) is 3.99. The number of carboxylic acids is 2. The van der Waals surface area contributed by atoms with Crippen molar-refractivity contribution in [3.63, 3.8) is 0 Å². The van der Waals surface area contributed by atoms with Gasteiger partial charge in [0.1, 0.15) is 0 Å². The maximum atomic E-state index is 12.9. The normalized spacial score (nSPS) is 12.1. The Bertz CT molecular complexity index is 1220. The first-order chi connectivity index (χ1) is 13.3. The Morgan fingerprint density at radius 2 is 1.54 bits per heavy atom. The lowest BCUT2D eigenvalue weighted by atomic mass is 10.2. The molecule has 0 saturated heterocycles. The van der Waals surface area contributed by atoms with Crippen molar-refractivity contribution in [2.45, 2.75) is 4.90 Å². The predicted molar refractivity (Wildman–Crippen MR) is 102 cm³/mol. The summed E-state index contributed by atoms with van der Waals surface area (Å²) in [6.07, 6.45) is 7.41. The lowest BCUT2D eigenvalue weighted by Gasteiger charge is -2.07. The fourth-order valence-corrected chi connectivity index (χ4v) is 3.81. The number of fused-ring (bicyclic) bond motifs is 1. The topological polar surface area (TPSA) is 127 Å². The average Bonchev–Trinajstić information content (AvgIpc) is 3.09. The van der Waals surface area contributed by atoms with Crippen LogP contribution in [0.15, 0.2) is 65.8 Å². The molecule has 0 aliphatic heterocycles. The van der Waals surface area contributed by atoms with E-state index in [1.54, 1.807) is 12.1 Å². The van der Waals surface area contributed by atoms with Crippen LogP contribution in [0.25, 0.3) is 23.2 Å². The van der Waals surface area contributed by atoms with Gasteiger partial charge in [0.2, 0.25) is 0 Å². The zero-order chi connectivity index (χ0) is 20.3. The van der Waals surface area contributed by atoms with Gasteiger partial charge in [0.25, 0.3) is 10.0 Å². The number of hydrogen-bond acceptors (Lipinski definition) is 5. The van der Waals surface area contributed by atoms with Gasteiger partial charge in [-0.15, -0.1) is 0 Å². The lowest BCUT2D eigenvalue weighted by molar-refractivity contribution is -0.132. The molecule has 0 bridgehead atoms. The van der Waals surface area contributed by atoms with Crippen LogP contribution in [0.3, 0.4) is 0 Å². The molecule has 1 aromatic carbocycles. The number of hydrogen-bond donors (Lipinski definition) is 2. The quantitative estimate of drug-likeness (QED) is 0.611. The zero-order valence-corrected chi connectivity index (χ0v) is 15.1. The van der Waals surface area contributed by atoms with Crippen LogP contribution in [-0.2, 0) is 19.6 Å². The van der Waals surface area contributed by atoms with Crippen molar-refractivity contribution in [2.24, 2.45) is 0 Å². The molecule has 2 aromatic heterocycles. The van der Waals surface area contributed by atoms with Crippen molar-refractivity contribution in [3.05, 3.63) is 72.1 Å². The van der Waals surface area contributed by atoms with E-state index in [-0.39, 0.29) is 10.5 Å². The lowest BCUT2D eigenvalue weighted by Crippen LogP contribution is -2.12. The van der Waals surface area contributed by atoms with Gasteiger partial charge in [-0.05, 0) is 47.5 Å². The third-order valence-electron chi connectivity index (χ3n) is 3.79. The van der Waals surface area contributed by atoms with Crippen LogP contribution in [0.2, 0.25) is 0 Å². The van der Waals surface area contributed by atoms with E-state index >= 15 is 0 Å². The summed E-state index contributed by atoms with van der Waals surface area (Å²) in [5.74, 6) is -2.19. The molecule has 3 rings (SSSR count). The van der Waals surface area contributed by atoms with Crippen LogP contribution in [0.5, 0.6) is 0 Å². The van der Waals surface area contributed by atoms with Crippen molar-refractivity contribution in [1.29, 1.82) is 0 Å². The Labute approximate surface area is 159 Å². The Kier molecular flexibility index (Phi) is 5.10. The maximum absolute atomic E-state index is 12.9. The molecule has 28 heavy (non-hydrogen) atoms. The standard InChI is InChI=1S/C19H14N2O6S/c22-17(23)7-3-13-1-5-16(6-2-13)28(26,27)21-10-9-15-11-14(4-8-18(24)25)12-20-19(15)21/h1-12H,(H,22,23)(H,24,25). The molecule has 2 heterocycles.